The Labute approximate surface area is 127 Å². The lowest BCUT2D eigenvalue weighted by molar-refractivity contribution is 0.0214. The predicted octanol–water partition coefficient (Wildman–Crippen LogP) is 3.92. The molecule has 1 N–H and O–H groups in total. The van der Waals surface area contributed by atoms with Crippen LogP contribution in [-0.2, 0) is 4.74 Å². The van der Waals surface area contributed by atoms with Gasteiger partial charge in [-0.3, -0.25) is 0 Å². The summed E-state index contributed by atoms with van der Waals surface area (Å²) in [6.45, 7) is 7.15. The fraction of sp³-hybridized carbons (Fsp3) is 0.444. The summed E-state index contributed by atoms with van der Waals surface area (Å²) in [6, 6.07) is 13.0. The first-order valence-electron chi connectivity index (χ1n) is 7.31. The average Bonchev–Trinajstić information content (AvgIpc) is 2.51. The quantitative estimate of drug-likeness (QED) is 0.873. The standard InChI is InChI=1S/C18H25NO2/c1-13(19-12-18(2,3)21-5)14-6-7-16-11-17(20-4)9-8-15(16)10-14/h6-11,13,19H,12H2,1-5H3. The maximum Gasteiger partial charge on any atom is 0.119 e. The molecule has 0 heterocycles. The van der Waals surface area contributed by atoms with Crippen molar-refractivity contribution in [1.82, 2.24) is 5.32 Å². The summed E-state index contributed by atoms with van der Waals surface area (Å²) >= 11 is 0. The highest BCUT2D eigenvalue weighted by Gasteiger charge is 2.17. The maximum atomic E-state index is 5.44. The highest BCUT2D eigenvalue weighted by atomic mass is 16.5. The largest absolute Gasteiger partial charge is 0.497 e. The summed E-state index contributed by atoms with van der Waals surface area (Å²) in [5.74, 6) is 0.892. The molecule has 0 spiro atoms. The molecule has 1 atom stereocenters. The molecule has 0 amide bonds. The third-order valence-electron chi connectivity index (χ3n) is 3.96. The summed E-state index contributed by atoms with van der Waals surface area (Å²) in [5, 5.41) is 5.95. The number of benzene rings is 2. The summed E-state index contributed by atoms with van der Waals surface area (Å²) in [5.41, 5.74) is 1.12. The smallest absolute Gasteiger partial charge is 0.119 e. The van der Waals surface area contributed by atoms with Crippen molar-refractivity contribution in [3.8, 4) is 5.75 Å². The fourth-order valence-corrected chi connectivity index (χ4v) is 2.23. The molecule has 2 aromatic rings. The van der Waals surface area contributed by atoms with Gasteiger partial charge in [-0.1, -0.05) is 18.2 Å². The number of methoxy groups -OCH3 is 2. The molecule has 3 heteroatoms. The van der Waals surface area contributed by atoms with E-state index in [1.54, 1.807) is 14.2 Å². The monoisotopic (exact) mass is 287 g/mol. The van der Waals surface area contributed by atoms with Crippen molar-refractivity contribution in [3.63, 3.8) is 0 Å². The van der Waals surface area contributed by atoms with Crippen LogP contribution in [0.3, 0.4) is 0 Å². The SMILES string of the molecule is COc1ccc2cc(C(C)NCC(C)(C)OC)ccc2c1. The molecule has 0 saturated carbocycles. The third kappa shape index (κ3) is 3.96. The Morgan fingerprint density at radius 3 is 2.38 bits per heavy atom. The van der Waals surface area contributed by atoms with E-state index in [9.17, 15) is 0 Å². The van der Waals surface area contributed by atoms with Gasteiger partial charge in [0.2, 0.25) is 0 Å². The van der Waals surface area contributed by atoms with Crippen molar-refractivity contribution >= 4 is 10.8 Å². The second-order valence-corrected chi connectivity index (χ2v) is 6.04. The van der Waals surface area contributed by atoms with E-state index in [2.05, 4.69) is 56.4 Å². The summed E-state index contributed by atoms with van der Waals surface area (Å²) in [6.07, 6.45) is 0. The van der Waals surface area contributed by atoms with Crippen LogP contribution in [0.5, 0.6) is 5.75 Å². The van der Waals surface area contributed by atoms with E-state index >= 15 is 0 Å². The van der Waals surface area contributed by atoms with Gasteiger partial charge in [-0.2, -0.15) is 0 Å². The van der Waals surface area contributed by atoms with Gasteiger partial charge in [0.05, 0.1) is 12.7 Å². The predicted molar refractivity (Wildman–Crippen MR) is 88.0 cm³/mol. The number of fused-ring (bicyclic) bond motifs is 1. The molecule has 0 aliphatic carbocycles. The van der Waals surface area contributed by atoms with Crippen molar-refractivity contribution in [2.24, 2.45) is 0 Å². The Bertz CT molecular complexity index is 607. The van der Waals surface area contributed by atoms with Crippen molar-refractivity contribution in [2.75, 3.05) is 20.8 Å². The summed E-state index contributed by atoms with van der Waals surface area (Å²) in [4.78, 5) is 0. The van der Waals surface area contributed by atoms with Crippen LogP contribution in [0, 0.1) is 0 Å². The minimum Gasteiger partial charge on any atom is -0.497 e. The Balaban J connectivity index is 2.15. The van der Waals surface area contributed by atoms with Gasteiger partial charge < -0.3 is 14.8 Å². The van der Waals surface area contributed by atoms with Gasteiger partial charge in [0.15, 0.2) is 0 Å². The molecule has 2 rings (SSSR count). The number of nitrogens with one attached hydrogen (secondary N) is 1. The molecule has 0 fully saturated rings. The van der Waals surface area contributed by atoms with Crippen LogP contribution in [0.2, 0.25) is 0 Å². The van der Waals surface area contributed by atoms with Crippen LogP contribution in [0.15, 0.2) is 36.4 Å². The van der Waals surface area contributed by atoms with Crippen LogP contribution in [0.4, 0.5) is 0 Å². The molecule has 2 aromatic carbocycles. The fourth-order valence-electron chi connectivity index (χ4n) is 2.23. The van der Waals surface area contributed by atoms with Crippen LogP contribution in [-0.4, -0.2) is 26.4 Å². The molecule has 0 aliphatic heterocycles. The lowest BCUT2D eigenvalue weighted by Gasteiger charge is -2.26. The summed E-state index contributed by atoms with van der Waals surface area (Å²) < 4.78 is 10.7. The lowest BCUT2D eigenvalue weighted by atomic mass is 10.0. The van der Waals surface area contributed by atoms with Crippen LogP contribution in [0.1, 0.15) is 32.4 Å². The molecule has 0 bridgehead atoms. The van der Waals surface area contributed by atoms with Crippen molar-refractivity contribution in [1.29, 1.82) is 0 Å². The molecular weight excluding hydrogens is 262 g/mol. The number of hydrogen-bond donors (Lipinski definition) is 1. The molecular formula is C18H25NO2. The second-order valence-electron chi connectivity index (χ2n) is 6.04. The maximum absolute atomic E-state index is 5.44. The lowest BCUT2D eigenvalue weighted by Crippen LogP contribution is -2.37. The Morgan fingerprint density at radius 2 is 1.71 bits per heavy atom. The number of ether oxygens (including phenoxy) is 2. The third-order valence-corrected chi connectivity index (χ3v) is 3.96. The highest BCUT2D eigenvalue weighted by Crippen LogP contribution is 2.24. The van der Waals surface area contributed by atoms with E-state index in [1.165, 1.54) is 16.3 Å². The van der Waals surface area contributed by atoms with Gasteiger partial charge in [0.25, 0.3) is 0 Å². The first-order chi connectivity index (χ1) is 9.95. The zero-order valence-electron chi connectivity index (χ0n) is 13.6. The molecule has 0 aliphatic rings. The Hall–Kier alpha value is -1.58. The number of hydrogen-bond acceptors (Lipinski definition) is 3. The summed E-state index contributed by atoms with van der Waals surface area (Å²) in [7, 11) is 3.44. The average molecular weight is 287 g/mol. The molecule has 0 radical (unpaired) electrons. The minimum absolute atomic E-state index is 0.154. The van der Waals surface area contributed by atoms with E-state index < -0.39 is 0 Å². The minimum atomic E-state index is -0.154. The van der Waals surface area contributed by atoms with Gasteiger partial charge in [0.1, 0.15) is 5.75 Å². The van der Waals surface area contributed by atoms with Crippen LogP contribution in [0.25, 0.3) is 10.8 Å². The molecule has 114 valence electrons. The van der Waals surface area contributed by atoms with Gasteiger partial charge in [-0.05, 0) is 55.3 Å². The van der Waals surface area contributed by atoms with Gasteiger partial charge in [-0.25, -0.2) is 0 Å². The van der Waals surface area contributed by atoms with Gasteiger partial charge >= 0.3 is 0 Å². The van der Waals surface area contributed by atoms with E-state index in [4.69, 9.17) is 9.47 Å². The van der Waals surface area contributed by atoms with Crippen molar-refractivity contribution in [2.45, 2.75) is 32.4 Å². The second kappa shape index (κ2) is 6.46. The molecule has 1 unspecified atom stereocenters. The van der Waals surface area contributed by atoms with Crippen molar-refractivity contribution in [3.05, 3.63) is 42.0 Å². The van der Waals surface area contributed by atoms with Crippen molar-refractivity contribution < 1.29 is 9.47 Å². The topological polar surface area (TPSA) is 30.5 Å². The van der Waals surface area contributed by atoms with E-state index in [0.717, 1.165) is 12.3 Å². The zero-order chi connectivity index (χ0) is 15.5. The van der Waals surface area contributed by atoms with E-state index in [0.29, 0.717) is 0 Å². The van der Waals surface area contributed by atoms with Gasteiger partial charge in [-0.15, -0.1) is 0 Å². The molecule has 21 heavy (non-hydrogen) atoms. The first-order valence-corrected chi connectivity index (χ1v) is 7.31. The molecule has 0 aromatic heterocycles. The Kier molecular flexibility index (Phi) is 4.86. The van der Waals surface area contributed by atoms with Gasteiger partial charge in [0, 0.05) is 19.7 Å². The Morgan fingerprint density at radius 1 is 1.05 bits per heavy atom. The highest BCUT2D eigenvalue weighted by molar-refractivity contribution is 5.84. The molecule has 0 saturated heterocycles. The van der Waals surface area contributed by atoms with E-state index in [-0.39, 0.29) is 11.6 Å². The number of rotatable bonds is 6. The normalized spacial score (nSPS) is 13.4. The van der Waals surface area contributed by atoms with E-state index in [1.807, 2.05) is 6.07 Å². The first kappa shape index (κ1) is 15.8. The molecule has 3 nitrogen and oxygen atoms in total. The zero-order valence-corrected chi connectivity index (χ0v) is 13.6. The van der Waals surface area contributed by atoms with Crippen LogP contribution < -0.4 is 10.1 Å². The van der Waals surface area contributed by atoms with Crippen LogP contribution >= 0.6 is 0 Å².